The van der Waals surface area contributed by atoms with Gasteiger partial charge in [0.2, 0.25) is 0 Å². The molecule has 0 radical (unpaired) electrons. The molecule has 6 aromatic rings. The van der Waals surface area contributed by atoms with Gasteiger partial charge in [0.05, 0.1) is 34.7 Å². The van der Waals surface area contributed by atoms with Crippen molar-refractivity contribution in [2.24, 2.45) is 0 Å². The van der Waals surface area contributed by atoms with Gasteiger partial charge < -0.3 is 20.6 Å². The average Bonchev–Trinajstić information content (AvgIpc) is 3.72. The molecule has 1 fully saturated rings. The third-order valence-corrected chi connectivity index (χ3v) is 7.68. The van der Waals surface area contributed by atoms with Gasteiger partial charge in [-0.25, -0.2) is 9.97 Å². The Morgan fingerprint density at radius 1 is 0.816 bits per heavy atom. The number of hydrogen-bond donors (Lipinski definition) is 4. The van der Waals surface area contributed by atoms with E-state index in [1.165, 1.54) is 39.4 Å². The Hall–Kier alpha value is -4.00. The summed E-state index contributed by atoms with van der Waals surface area (Å²) in [7, 11) is 0. The van der Waals surface area contributed by atoms with Gasteiger partial charge in [-0.15, -0.1) is 0 Å². The summed E-state index contributed by atoms with van der Waals surface area (Å²) < 4.78 is 0. The van der Waals surface area contributed by atoms with E-state index in [0.29, 0.717) is 6.04 Å². The van der Waals surface area contributed by atoms with Crippen molar-refractivity contribution in [3.63, 3.8) is 0 Å². The fourth-order valence-electron chi connectivity index (χ4n) is 5.65. The van der Waals surface area contributed by atoms with E-state index in [9.17, 15) is 0 Å². The second-order valence-corrected chi connectivity index (χ2v) is 10.3. The highest BCUT2D eigenvalue weighted by Gasteiger charge is 2.20. The molecular weight excluding hydrogens is 468 g/mol. The first-order chi connectivity index (χ1) is 18.7. The summed E-state index contributed by atoms with van der Waals surface area (Å²) >= 11 is 0. The number of benzene rings is 4. The third-order valence-electron chi connectivity index (χ3n) is 7.68. The third kappa shape index (κ3) is 4.26. The molecular formula is C32H32N6. The van der Waals surface area contributed by atoms with Crippen LogP contribution in [0.1, 0.15) is 43.9 Å². The number of hydrogen-bond acceptors (Lipinski definition) is 4. The maximum atomic E-state index is 4.98. The zero-order chi connectivity index (χ0) is 25.5. The summed E-state index contributed by atoms with van der Waals surface area (Å²) in [5, 5.41) is 9.37. The molecule has 4 N–H and O–H groups in total. The highest BCUT2D eigenvalue weighted by Crippen LogP contribution is 2.32. The predicted octanol–water partition coefficient (Wildman–Crippen LogP) is 6.85. The fraction of sp³-hybridized carbons (Fsp3) is 0.250. The van der Waals surface area contributed by atoms with E-state index in [1.807, 2.05) is 0 Å². The molecule has 38 heavy (non-hydrogen) atoms. The van der Waals surface area contributed by atoms with E-state index in [1.54, 1.807) is 0 Å². The number of nitrogens with zero attached hydrogens (tertiary/aromatic N) is 2. The second-order valence-electron chi connectivity index (χ2n) is 10.3. The molecule has 6 heteroatoms. The van der Waals surface area contributed by atoms with Crippen LogP contribution in [0.4, 0.5) is 0 Å². The van der Waals surface area contributed by atoms with Gasteiger partial charge in [0, 0.05) is 5.39 Å². The molecule has 0 unspecified atom stereocenters. The molecule has 4 aromatic carbocycles. The lowest BCUT2D eigenvalue weighted by Crippen LogP contribution is -2.14. The van der Waals surface area contributed by atoms with Crippen LogP contribution in [0.2, 0.25) is 0 Å². The lowest BCUT2D eigenvalue weighted by molar-refractivity contribution is 0.614. The monoisotopic (exact) mass is 500 g/mol. The van der Waals surface area contributed by atoms with Crippen LogP contribution in [0.5, 0.6) is 0 Å². The SMILES string of the molecule is CCCNCc1nc2ccc(-c3ccc(-c4ccc5c(ccc6[nH]c([C@@H]7CCCN7)nc65)c4)cc3)cc2[nH]1. The number of aromatic amines is 2. The number of rotatable bonds is 7. The Labute approximate surface area is 221 Å². The molecule has 0 spiro atoms. The summed E-state index contributed by atoms with van der Waals surface area (Å²) in [6, 6.07) is 26.7. The summed E-state index contributed by atoms with van der Waals surface area (Å²) in [5.74, 6) is 2.04. The normalized spacial score (nSPS) is 15.8. The lowest BCUT2D eigenvalue weighted by atomic mass is 9.98. The first-order valence-electron chi connectivity index (χ1n) is 13.7. The van der Waals surface area contributed by atoms with Crippen molar-refractivity contribution in [2.75, 3.05) is 13.1 Å². The minimum absolute atomic E-state index is 0.342. The fourth-order valence-corrected chi connectivity index (χ4v) is 5.65. The zero-order valence-electron chi connectivity index (χ0n) is 21.6. The van der Waals surface area contributed by atoms with Gasteiger partial charge in [0.1, 0.15) is 11.6 Å². The molecule has 0 saturated carbocycles. The Morgan fingerprint density at radius 3 is 2.39 bits per heavy atom. The molecule has 6 nitrogen and oxygen atoms in total. The first-order valence-corrected chi connectivity index (χ1v) is 13.7. The molecule has 1 saturated heterocycles. The highest BCUT2D eigenvalue weighted by molar-refractivity contribution is 6.05. The molecule has 190 valence electrons. The summed E-state index contributed by atoms with van der Waals surface area (Å²) in [6.07, 6.45) is 3.47. The van der Waals surface area contributed by atoms with Crippen molar-refractivity contribution in [2.45, 2.75) is 38.8 Å². The molecule has 3 heterocycles. The van der Waals surface area contributed by atoms with Gasteiger partial charge in [-0.2, -0.15) is 0 Å². The van der Waals surface area contributed by atoms with Gasteiger partial charge >= 0.3 is 0 Å². The maximum Gasteiger partial charge on any atom is 0.124 e. The van der Waals surface area contributed by atoms with Crippen LogP contribution >= 0.6 is 0 Å². The smallest absolute Gasteiger partial charge is 0.124 e. The van der Waals surface area contributed by atoms with Crippen LogP contribution in [0.3, 0.4) is 0 Å². The van der Waals surface area contributed by atoms with Crippen LogP contribution in [0.15, 0.2) is 72.8 Å². The minimum Gasteiger partial charge on any atom is -0.341 e. The van der Waals surface area contributed by atoms with Crippen molar-refractivity contribution in [1.29, 1.82) is 0 Å². The largest absolute Gasteiger partial charge is 0.341 e. The van der Waals surface area contributed by atoms with E-state index in [2.05, 4.69) is 100 Å². The van der Waals surface area contributed by atoms with Crippen LogP contribution in [-0.2, 0) is 6.54 Å². The zero-order valence-corrected chi connectivity index (χ0v) is 21.6. The predicted molar refractivity (Wildman–Crippen MR) is 156 cm³/mol. The van der Waals surface area contributed by atoms with E-state index >= 15 is 0 Å². The molecule has 1 aliphatic rings. The van der Waals surface area contributed by atoms with Crippen LogP contribution < -0.4 is 10.6 Å². The summed E-state index contributed by atoms with van der Waals surface area (Å²) in [6.45, 7) is 5.01. The quantitative estimate of drug-likeness (QED) is 0.181. The maximum absolute atomic E-state index is 4.98. The van der Waals surface area contributed by atoms with Crippen molar-refractivity contribution >= 4 is 32.8 Å². The van der Waals surface area contributed by atoms with Crippen molar-refractivity contribution < 1.29 is 0 Å². The van der Waals surface area contributed by atoms with Crippen LogP contribution in [-0.4, -0.2) is 33.0 Å². The molecule has 1 atom stereocenters. The number of nitrogens with one attached hydrogen (secondary N) is 4. The second kappa shape index (κ2) is 9.71. The van der Waals surface area contributed by atoms with E-state index in [-0.39, 0.29) is 0 Å². The van der Waals surface area contributed by atoms with Crippen molar-refractivity contribution in [3.8, 4) is 22.3 Å². The number of fused-ring (bicyclic) bond motifs is 4. The lowest BCUT2D eigenvalue weighted by Gasteiger charge is -2.07. The van der Waals surface area contributed by atoms with E-state index in [0.717, 1.165) is 66.2 Å². The molecule has 0 aliphatic carbocycles. The summed E-state index contributed by atoms with van der Waals surface area (Å²) in [4.78, 5) is 16.7. The Bertz CT molecular complexity index is 1740. The molecule has 7 rings (SSSR count). The Balaban J connectivity index is 1.15. The minimum atomic E-state index is 0.342. The molecule has 0 bridgehead atoms. The molecule has 0 amide bonds. The van der Waals surface area contributed by atoms with Gasteiger partial charge in [-0.3, -0.25) is 0 Å². The van der Waals surface area contributed by atoms with Crippen LogP contribution in [0.25, 0.3) is 55.1 Å². The number of aromatic nitrogens is 4. The van der Waals surface area contributed by atoms with Gasteiger partial charge in [0.25, 0.3) is 0 Å². The number of imidazole rings is 2. The van der Waals surface area contributed by atoms with Gasteiger partial charge in [-0.05, 0) is 84.3 Å². The number of H-pyrrole nitrogens is 2. The molecule has 2 aromatic heterocycles. The van der Waals surface area contributed by atoms with Crippen molar-refractivity contribution in [3.05, 3.63) is 84.4 Å². The Kier molecular flexibility index (Phi) is 5.91. The average molecular weight is 501 g/mol. The van der Waals surface area contributed by atoms with Crippen LogP contribution in [0, 0.1) is 0 Å². The standard InChI is InChI=1S/C32H32N6/c1-2-15-33-19-30-35-26-13-10-23(18-29(26)36-30)21-7-5-20(6-8-21)22-9-12-25-24(17-22)11-14-27-31(25)38-32(37-27)28-4-3-16-34-28/h5-14,17-18,28,33-34H,2-4,15-16,19H2,1H3,(H,35,36)(H,37,38)/t28-/m0/s1. The van der Waals surface area contributed by atoms with Gasteiger partial charge in [-0.1, -0.05) is 55.5 Å². The van der Waals surface area contributed by atoms with E-state index in [4.69, 9.17) is 9.97 Å². The Morgan fingerprint density at radius 2 is 1.61 bits per heavy atom. The first kappa shape index (κ1) is 23.1. The highest BCUT2D eigenvalue weighted by atomic mass is 15.0. The molecule has 1 aliphatic heterocycles. The van der Waals surface area contributed by atoms with Gasteiger partial charge in [0.15, 0.2) is 0 Å². The topological polar surface area (TPSA) is 81.4 Å². The van der Waals surface area contributed by atoms with Crippen molar-refractivity contribution in [1.82, 2.24) is 30.6 Å². The summed E-state index contributed by atoms with van der Waals surface area (Å²) in [5.41, 5.74) is 9.06. The van der Waals surface area contributed by atoms with E-state index < -0.39 is 0 Å².